The van der Waals surface area contributed by atoms with Gasteiger partial charge in [-0.05, 0) is 0 Å². The second-order valence-corrected chi connectivity index (χ2v) is 1.66. The van der Waals surface area contributed by atoms with Crippen LogP contribution in [0.5, 0.6) is 0 Å². The zero-order chi connectivity index (χ0) is 7.28. The summed E-state index contributed by atoms with van der Waals surface area (Å²) in [5, 5.41) is 5.53. The van der Waals surface area contributed by atoms with Gasteiger partial charge >= 0.3 is 0 Å². The molecule has 0 aromatic carbocycles. The van der Waals surface area contributed by atoms with E-state index in [2.05, 4.69) is 10.4 Å². The summed E-state index contributed by atoms with van der Waals surface area (Å²) in [5.41, 5.74) is 0. The number of nitrogens with two attached hydrogens (primary N) is 1. The predicted molar refractivity (Wildman–Crippen MR) is 36.2 cm³/mol. The fourth-order valence-corrected chi connectivity index (χ4v) is 0.439. The highest BCUT2D eigenvalue weighted by Gasteiger charge is 1.96. The monoisotopic (exact) mass is 149 g/mol. The van der Waals surface area contributed by atoms with Crippen LogP contribution in [0.25, 0.3) is 0 Å². The molecular formula is C4H8ClN3O. The predicted octanol–water partition coefficient (Wildman–Crippen LogP) is -0.366. The Morgan fingerprint density at radius 3 is 2.56 bits per heavy atom. The molecule has 1 amide bonds. The minimum atomic E-state index is -0.222. The van der Waals surface area contributed by atoms with Gasteiger partial charge in [0.25, 0.3) is 0 Å². The van der Waals surface area contributed by atoms with E-state index in [1.54, 1.807) is 0 Å². The van der Waals surface area contributed by atoms with E-state index >= 15 is 0 Å². The molecule has 3 N–H and O–H groups in total. The molecule has 0 unspecified atom stereocenters. The molecule has 0 bridgehead atoms. The maximum atomic E-state index is 10.3. The van der Waals surface area contributed by atoms with Crippen molar-refractivity contribution in [3.63, 3.8) is 0 Å². The van der Waals surface area contributed by atoms with Crippen molar-refractivity contribution in [1.29, 1.82) is 0 Å². The van der Waals surface area contributed by atoms with E-state index in [4.69, 9.17) is 17.4 Å². The molecule has 52 valence electrons. The molecule has 0 rings (SSSR count). The molecule has 0 atom stereocenters. The zero-order valence-corrected chi connectivity index (χ0v) is 5.77. The van der Waals surface area contributed by atoms with Crippen LogP contribution >= 0.6 is 11.6 Å². The van der Waals surface area contributed by atoms with Crippen molar-refractivity contribution in [2.45, 2.75) is 6.92 Å². The highest BCUT2D eigenvalue weighted by molar-refractivity contribution is 6.29. The molecule has 0 radical (unpaired) electrons. The molecule has 0 spiro atoms. The van der Waals surface area contributed by atoms with Gasteiger partial charge in [0.05, 0.1) is 5.88 Å². The van der Waals surface area contributed by atoms with E-state index in [9.17, 15) is 4.79 Å². The van der Waals surface area contributed by atoms with Gasteiger partial charge in [-0.25, -0.2) is 0 Å². The second-order valence-electron chi connectivity index (χ2n) is 1.39. The molecule has 0 aromatic rings. The summed E-state index contributed by atoms with van der Waals surface area (Å²) in [7, 11) is 0. The van der Waals surface area contributed by atoms with Crippen LogP contribution in [0.4, 0.5) is 0 Å². The van der Waals surface area contributed by atoms with Crippen molar-refractivity contribution in [2.24, 2.45) is 10.9 Å². The smallest absolute Gasteiger partial charge is 0.222 e. The molecule has 0 aliphatic carbocycles. The van der Waals surface area contributed by atoms with Crippen LogP contribution in [-0.2, 0) is 4.79 Å². The summed E-state index contributed by atoms with van der Waals surface area (Å²) < 4.78 is 0. The van der Waals surface area contributed by atoms with Gasteiger partial charge in [0.2, 0.25) is 5.91 Å². The van der Waals surface area contributed by atoms with Crippen LogP contribution in [0.15, 0.2) is 5.10 Å². The molecule has 0 aliphatic rings. The van der Waals surface area contributed by atoms with E-state index in [1.165, 1.54) is 6.92 Å². The van der Waals surface area contributed by atoms with E-state index in [-0.39, 0.29) is 17.6 Å². The summed E-state index contributed by atoms with van der Waals surface area (Å²) in [6.07, 6.45) is 0. The lowest BCUT2D eigenvalue weighted by molar-refractivity contribution is -0.117. The van der Waals surface area contributed by atoms with Crippen molar-refractivity contribution in [3.8, 4) is 0 Å². The van der Waals surface area contributed by atoms with Gasteiger partial charge in [0, 0.05) is 6.92 Å². The quantitative estimate of drug-likeness (QED) is 0.176. The molecule has 9 heavy (non-hydrogen) atoms. The number of hydrogen-bond donors (Lipinski definition) is 2. The van der Waals surface area contributed by atoms with Crippen LogP contribution in [0.1, 0.15) is 6.92 Å². The number of hydrogen-bond acceptors (Lipinski definition) is 3. The van der Waals surface area contributed by atoms with Crippen LogP contribution < -0.4 is 11.2 Å². The number of carbonyl (C=O) groups excluding carboxylic acids is 1. The van der Waals surface area contributed by atoms with Crippen LogP contribution in [0, 0.1) is 0 Å². The van der Waals surface area contributed by atoms with Crippen molar-refractivity contribution < 1.29 is 4.79 Å². The number of nitrogens with zero attached hydrogens (tertiary/aromatic N) is 1. The highest BCUT2D eigenvalue weighted by Crippen LogP contribution is 1.76. The third-order valence-electron chi connectivity index (χ3n) is 0.603. The maximum absolute atomic E-state index is 10.3. The van der Waals surface area contributed by atoms with Crippen molar-refractivity contribution in [3.05, 3.63) is 0 Å². The standard InChI is InChI=1S/C4H8ClN3O/c1-3(9)7-4(2-5)8-6/h2,6H2,1H3,(H,7,8,9). The minimum Gasteiger partial charge on any atom is -0.322 e. The average molecular weight is 150 g/mol. The molecule has 0 fully saturated rings. The highest BCUT2D eigenvalue weighted by atomic mass is 35.5. The van der Waals surface area contributed by atoms with Gasteiger partial charge in [-0.15, -0.1) is 11.6 Å². The number of amides is 1. The Labute approximate surface area is 58.1 Å². The summed E-state index contributed by atoms with van der Waals surface area (Å²) in [4.78, 5) is 10.3. The molecule has 0 saturated carbocycles. The Hall–Kier alpha value is -0.770. The van der Waals surface area contributed by atoms with E-state index in [1.807, 2.05) is 0 Å². The number of hydrazone groups is 1. The summed E-state index contributed by atoms with van der Waals surface area (Å²) in [6.45, 7) is 1.36. The van der Waals surface area contributed by atoms with Crippen molar-refractivity contribution >= 4 is 23.3 Å². The molecular weight excluding hydrogens is 142 g/mol. The third-order valence-corrected chi connectivity index (χ3v) is 0.856. The number of rotatable bonds is 1. The summed E-state index contributed by atoms with van der Waals surface area (Å²) >= 11 is 5.29. The Balaban J connectivity index is 3.71. The number of nitrogens with one attached hydrogen (secondary N) is 1. The first-order valence-corrected chi connectivity index (χ1v) is 2.84. The summed E-state index contributed by atoms with van der Waals surface area (Å²) in [6, 6.07) is 0. The van der Waals surface area contributed by atoms with Crippen LogP contribution in [-0.4, -0.2) is 17.6 Å². The maximum Gasteiger partial charge on any atom is 0.222 e. The number of carbonyl (C=O) groups is 1. The number of halogens is 1. The molecule has 0 heterocycles. The largest absolute Gasteiger partial charge is 0.322 e. The lowest BCUT2D eigenvalue weighted by Gasteiger charge is -1.98. The molecule has 5 heteroatoms. The van der Waals surface area contributed by atoms with Gasteiger partial charge < -0.3 is 11.2 Å². The second kappa shape index (κ2) is 4.14. The molecule has 0 aromatic heterocycles. The van der Waals surface area contributed by atoms with Gasteiger partial charge in [-0.3, -0.25) is 4.79 Å². The number of amidine groups is 1. The topological polar surface area (TPSA) is 67.5 Å². The van der Waals surface area contributed by atoms with Crippen LogP contribution in [0.2, 0.25) is 0 Å². The van der Waals surface area contributed by atoms with E-state index in [0.717, 1.165) is 0 Å². The van der Waals surface area contributed by atoms with Gasteiger partial charge in [0.15, 0.2) is 0 Å². The fraction of sp³-hybridized carbons (Fsp3) is 0.500. The van der Waals surface area contributed by atoms with E-state index in [0.29, 0.717) is 0 Å². The first-order chi connectivity index (χ1) is 4.20. The molecule has 4 nitrogen and oxygen atoms in total. The summed E-state index contributed by atoms with van der Waals surface area (Å²) in [5.74, 6) is 5.00. The van der Waals surface area contributed by atoms with Crippen LogP contribution in [0.3, 0.4) is 0 Å². The third kappa shape index (κ3) is 3.78. The van der Waals surface area contributed by atoms with Crippen molar-refractivity contribution in [1.82, 2.24) is 5.32 Å². The lowest BCUT2D eigenvalue weighted by atomic mass is 10.6. The van der Waals surface area contributed by atoms with Gasteiger partial charge in [-0.2, -0.15) is 5.10 Å². The van der Waals surface area contributed by atoms with Gasteiger partial charge in [-0.1, -0.05) is 0 Å². The first kappa shape index (κ1) is 8.23. The molecule has 0 aliphatic heterocycles. The fourth-order valence-electron chi connectivity index (χ4n) is 0.303. The van der Waals surface area contributed by atoms with E-state index < -0.39 is 0 Å². The SMILES string of the molecule is CC(=O)NC(CCl)=NN. The Morgan fingerprint density at radius 2 is 2.44 bits per heavy atom. The average Bonchev–Trinajstić information content (AvgIpc) is 1.82. The normalized spacial score (nSPS) is 11.1. The first-order valence-electron chi connectivity index (χ1n) is 2.31. The van der Waals surface area contributed by atoms with Gasteiger partial charge in [0.1, 0.15) is 5.84 Å². The lowest BCUT2D eigenvalue weighted by Crippen LogP contribution is -2.30. The Bertz CT molecular complexity index is 134. The molecule has 0 saturated heterocycles. The number of alkyl halides is 1. The van der Waals surface area contributed by atoms with Crippen molar-refractivity contribution in [2.75, 3.05) is 5.88 Å². The Morgan fingerprint density at radius 1 is 1.89 bits per heavy atom. The Kier molecular flexibility index (Phi) is 3.79. The zero-order valence-electron chi connectivity index (χ0n) is 5.02. The minimum absolute atomic E-state index is 0.121.